The van der Waals surface area contributed by atoms with Crippen LogP contribution in [0.3, 0.4) is 0 Å². The largest absolute Gasteiger partial charge is 0.486 e. The zero-order chi connectivity index (χ0) is 11.5. The molecule has 0 atom stereocenters. The van der Waals surface area contributed by atoms with Gasteiger partial charge in [0.15, 0.2) is 11.5 Å². The van der Waals surface area contributed by atoms with Gasteiger partial charge in [-0.2, -0.15) is 5.48 Å². The molecule has 1 heterocycles. The van der Waals surface area contributed by atoms with Gasteiger partial charge in [0.25, 0.3) is 0 Å². The van der Waals surface area contributed by atoms with Gasteiger partial charge in [0.05, 0.1) is 24.2 Å². The molecule has 0 saturated carbocycles. The number of hydroxylamine groups is 1. The predicted molar refractivity (Wildman–Crippen MR) is 56.2 cm³/mol. The molecule has 0 aliphatic carbocycles. The maximum Gasteiger partial charge on any atom is 0.168 e. The number of rotatable bonds is 3. The van der Waals surface area contributed by atoms with Gasteiger partial charge in [0.2, 0.25) is 0 Å². The Hall–Kier alpha value is -1.04. The Labute approximate surface area is 97.2 Å². The third-order valence-electron chi connectivity index (χ3n) is 2.21. The van der Waals surface area contributed by atoms with E-state index in [1.54, 1.807) is 0 Å². The monoisotopic (exact) mass is 247 g/mol. The van der Waals surface area contributed by atoms with Crippen molar-refractivity contribution < 1.29 is 18.7 Å². The van der Waals surface area contributed by atoms with Gasteiger partial charge < -0.3 is 14.3 Å². The molecule has 0 aromatic heterocycles. The minimum atomic E-state index is -0.518. The molecule has 0 bridgehead atoms. The molecule has 0 radical (unpaired) electrons. The maximum absolute atomic E-state index is 13.7. The maximum atomic E-state index is 13.7. The number of hydrogen-bond acceptors (Lipinski definition) is 4. The molecular weight excluding hydrogens is 237 g/mol. The van der Waals surface area contributed by atoms with Crippen LogP contribution in [0.4, 0.5) is 4.39 Å². The van der Waals surface area contributed by atoms with Crippen molar-refractivity contribution in [3.8, 4) is 11.5 Å². The SMILES string of the molecule is CONCc1c(F)c(Cl)cc2c1OCCO2. The van der Waals surface area contributed by atoms with E-state index in [2.05, 4.69) is 10.3 Å². The highest BCUT2D eigenvalue weighted by atomic mass is 35.5. The van der Waals surface area contributed by atoms with Crippen molar-refractivity contribution in [2.45, 2.75) is 6.54 Å². The third-order valence-corrected chi connectivity index (χ3v) is 2.49. The van der Waals surface area contributed by atoms with Crippen molar-refractivity contribution in [2.75, 3.05) is 20.3 Å². The van der Waals surface area contributed by atoms with Gasteiger partial charge >= 0.3 is 0 Å². The lowest BCUT2D eigenvalue weighted by atomic mass is 10.1. The zero-order valence-electron chi connectivity index (χ0n) is 8.68. The van der Waals surface area contributed by atoms with E-state index in [1.807, 2.05) is 0 Å². The van der Waals surface area contributed by atoms with Gasteiger partial charge in [0.1, 0.15) is 19.0 Å². The molecule has 0 saturated heterocycles. The Kier molecular flexibility index (Phi) is 3.48. The van der Waals surface area contributed by atoms with E-state index in [-0.39, 0.29) is 11.6 Å². The first kappa shape index (κ1) is 11.4. The smallest absolute Gasteiger partial charge is 0.168 e. The topological polar surface area (TPSA) is 39.7 Å². The number of fused-ring (bicyclic) bond motifs is 1. The molecule has 1 aliphatic heterocycles. The third kappa shape index (κ3) is 2.07. The summed E-state index contributed by atoms with van der Waals surface area (Å²) in [4.78, 5) is 4.68. The molecule has 1 aliphatic rings. The molecule has 1 N–H and O–H groups in total. The fraction of sp³-hybridized carbons (Fsp3) is 0.400. The first-order valence-electron chi connectivity index (χ1n) is 4.76. The van der Waals surface area contributed by atoms with Crippen LogP contribution in [-0.4, -0.2) is 20.3 Å². The average Bonchev–Trinajstić information content (AvgIpc) is 2.30. The van der Waals surface area contributed by atoms with E-state index < -0.39 is 5.82 Å². The van der Waals surface area contributed by atoms with E-state index in [4.69, 9.17) is 21.1 Å². The Morgan fingerprint density at radius 3 is 3.00 bits per heavy atom. The van der Waals surface area contributed by atoms with Crippen LogP contribution in [0.25, 0.3) is 0 Å². The van der Waals surface area contributed by atoms with Crippen LogP contribution in [0.15, 0.2) is 6.07 Å². The van der Waals surface area contributed by atoms with Crippen LogP contribution in [0.5, 0.6) is 11.5 Å². The van der Waals surface area contributed by atoms with Crippen LogP contribution >= 0.6 is 11.6 Å². The van der Waals surface area contributed by atoms with E-state index in [0.717, 1.165) is 0 Å². The highest BCUT2D eigenvalue weighted by Gasteiger charge is 2.22. The van der Waals surface area contributed by atoms with Gasteiger partial charge in [-0.05, 0) is 0 Å². The highest BCUT2D eigenvalue weighted by molar-refractivity contribution is 6.31. The highest BCUT2D eigenvalue weighted by Crippen LogP contribution is 2.39. The van der Waals surface area contributed by atoms with Crippen LogP contribution in [-0.2, 0) is 11.4 Å². The number of nitrogens with one attached hydrogen (secondary N) is 1. The summed E-state index contributed by atoms with van der Waals surface area (Å²) in [6, 6.07) is 1.42. The van der Waals surface area contributed by atoms with Crippen LogP contribution < -0.4 is 15.0 Å². The summed E-state index contributed by atoms with van der Waals surface area (Å²) >= 11 is 5.75. The van der Waals surface area contributed by atoms with Crippen molar-refractivity contribution in [1.29, 1.82) is 0 Å². The van der Waals surface area contributed by atoms with Crippen molar-refractivity contribution >= 4 is 11.6 Å². The lowest BCUT2D eigenvalue weighted by Gasteiger charge is -2.22. The van der Waals surface area contributed by atoms with Gasteiger partial charge in [-0.1, -0.05) is 11.6 Å². The molecule has 2 rings (SSSR count). The molecule has 0 unspecified atom stereocenters. The summed E-state index contributed by atoms with van der Waals surface area (Å²) in [6.45, 7) is 0.995. The molecule has 0 fully saturated rings. The molecular formula is C10H11ClFNO3. The molecule has 6 heteroatoms. The quantitative estimate of drug-likeness (QED) is 0.829. The van der Waals surface area contributed by atoms with E-state index in [1.165, 1.54) is 13.2 Å². The van der Waals surface area contributed by atoms with Gasteiger partial charge in [-0.15, -0.1) is 0 Å². The van der Waals surface area contributed by atoms with Gasteiger partial charge in [-0.3, -0.25) is 0 Å². The van der Waals surface area contributed by atoms with E-state index in [9.17, 15) is 4.39 Å². The van der Waals surface area contributed by atoms with E-state index in [0.29, 0.717) is 30.3 Å². The number of halogens is 2. The van der Waals surface area contributed by atoms with Crippen molar-refractivity contribution in [1.82, 2.24) is 5.48 Å². The lowest BCUT2D eigenvalue weighted by Crippen LogP contribution is -2.20. The van der Waals surface area contributed by atoms with Crippen molar-refractivity contribution in [2.24, 2.45) is 0 Å². The Bertz CT molecular complexity index is 400. The summed E-state index contributed by atoms with van der Waals surface area (Å²) in [5, 5.41) is 0.0113. The first-order valence-corrected chi connectivity index (χ1v) is 5.14. The Morgan fingerprint density at radius 2 is 2.25 bits per heavy atom. The number of ether oxygens (including phenoxy) is 2. The fourth-order valence-electron chi connectivity index (χ4n) is 1.50. The Balaban J connectivity index is 2.41. The average molecular weight is 248 g/mol. The van der Waals surface area contributed by atoms with E-state index >= 15 is 0 Å². The molecule has 1 aromatic rings. The minimum absolute atomic E-state index is 0.0113. The second-order valence-electron chi connectivity index (χ2n) is 3.20. The summed E-state index contributed by atoms with van der Waals surface area (Å²) in [5.41, 5.74) is 2.86. The standard InChI is InChI=1S/C10H11ClFNO3/c1-14-13-5-6-9(12)7(11)4-8-10(6)16-3-2-15-8/h4,13H,2-3,5H2,1H3. The number of hydrogen-bond donors (Lipinski definition) is 1. The molecule has 4 nitrogen and oxygen atoms in total. The van der Waals surface area contributed by atoms with Crippen LogP contribution in [0, 0.1) is 5.82 Å². The van der Waals surface area contributed by atoms with Crippen LogP contribution in [0.1, 0.15) is 5.56 Å². The summed E-state index contributed by atoms with van der Waals surface area (Å²) in [6.07, 6.45) is 0. The Morgan fingerprint density at radius 1 is 1.50 bits per heavy atom. The second-order valence-corrected chi connectivity index (χ2v) is 3.61. The number of benzene rings is 1. The summed E-state index contributed by atoms with van der Waals surface area (Å²) in [7, 11) is 1.45. The fourth-order valence-corrected chi connectivity index (χ4v) is 1.71. The van der Waals surface area contributed by atoms with Crippen molar-refractivity contribution in [3.63, 3.8) is 0 Å². The zero-order valence-corrected chi connectivity index (χ0v) is 9.44. The molecule has 0 spiro atoms. The normalized spacial score (nSPS) is 13.9. The molecule has 16 heavy (non-hydrogen) atoms. The summed E-state index contributed by atoms with van der Waals surface area (Å²) in [5.74, 6) is 0.332. The minimum Gasteiger partial charge on any atom is -0.486 e. The second kappa shape index (κ2) is 4.86. The molecule has 1 aromatic carbocycles. The predicted octanol–water partition coefficient (Wildman–Crippen LogP) is 1.90. The van der Waals surface area contributed by atoms with Gasteiger partial charge in [0, 0.05) is 6.07 Å². The molecule has 88 valence electrons. The van der Waals surface area contributed by atoms with Gasteiger partial charge in [-0.25, -0.2) is 4.39 Å². The summed E-state index contributed by atoms with van der Waals surface area (Å²) < 4.78 is 24.5. The molecule has 0 amide bonds. The lowest BCUT2D eigenvalue weighted by molar-refractivity contribution is 0.0839. The van der Waals surface area contributed by atoms with Crippen molar-refractivity contribution in [3.05, 3.63) is 22.5 Å². The first-order chi connectivity index (χ1) is 7.74. The van der Waals surface area contributed by atoms with Crippen LogP contribution in [0.2, 0.25) is 5.02 Å².